The van der Waals surface area contributed by atoms with Crippen LogP contribution in [0.4, 0.5) is 5.82 Å². The van der Waals surface area contributed by atoms with E-state index < -0.39 is 0 Å². The van der Waals surface area contributed by atoms with Gasteiger partial charge in [-0.2, -0.15) is 0 Å². The van der Waals surface area contributed by atoms with Gasteiger partial charge in [0.1, 0.15) is 18.1 Å². The van der Waals surface area contributed by atoms with Crippen LogP contribution in [-0.2, 0) is 4.74 Å². The van der Waals surface area contributed by atoms with Crippen LogP contribution in [0.3, 0.4) is 0 Å². The summed E-state index contributed by atoms with van der Waals surface area (Å²) in [7, 11) is 1.83. The summed E-state index contributed by atoms with van der Waals surface area (Å²) in [6.45, 7) is 2.09. The number of anilines is 1. The van der Waals surface area contributed by atoms with Crippen molar-refractivity contribution in [2.45, 2.75) is 32.1 Å². The van der Waals surface area contributed by atoms with Crippen molar-refractivity contribution in [2.24, 2.45) is 0 Å². The van der Waals surface area contributed by atoms with Gasteiger partial charge in [-0.25, -0.2) is 15.0 Å². The normalized spacial score (nSPS) is 24.4. The molecule has 0 radical (unpaired) electrons. The van der Waals surface area contributed by atoms with E-state index in [1.165, 1.54) is 0 Å². The zero-order valence-corrected chi connectivity index (χ0v) is 9.92. The van der Waals surface area contributed by atoms with Crippen LogP contribution in [0.2, 0.25) is 0 Å². The predicted molar refractivity (Wildman–Crippen MR) is 63.7 cm³/mol. The summed E-state index contributed by atoms with van der Waals surface area (Å²) >= 11 is 0. The maximum atomic E-state index is 5.83. The molecule has 1 saturated heterocycles. The van der Waals surface area contributed by atoms with Gasteiger partial charge in [0, 0.05) is 7.05 Å². The van der Waals surface area contributed by atoms with Gasteiger partial charge >= 0.3 is 0 Å². The molecule has 0 saturated carbocycles. The van der Waals surface area contributed by atoms with Crippen molar-refractivity contribution in [2.75, 3.05) is 12.4 Å². The van der Waals surface area contributed by atoms with Gasteiger partial charge in [0.15, 0.2) is 11.5 Å². The maximum absolute atomic E-state index is 5.83. The van der Waals surface area contributed by atoms with Gasteiger partial charge in [-0.15, -0.1) is 0 Å². The summed E-state index contributed by atoms with van der Waals surface area (Å²) in [6, 6.07) is 0. The molecule has 6 heteroatoms. The highest BCUT2D eigenvalue weighted by Crippen LogP contribution is 2.30. The molecule has 6 nitrogen and oxygen atoms in total. The molecule has 1 aliphatic rings. The highest BCUT2D eigenvalue weighted by Gasteiger charge is 2.25. The molecular formula is C11H15N5O. The van der Waals surface area contributed by atoms with Crippen LogP contribution < -0.4 is 5.32 Å². The summed E-state index contributed by atoms with van der Waals surface area (Å²) in [5.41, 5.74) is 1.61. The lowest BCUT2D eigenvalue weighted by molar-refractivity contribution is 0.0131. The largest absolute Gasteiger partial charge is 0.371 e. The minimum absolute atomic E-state index is 0.0506. The molecule has 2 atom stereocenters. The van der Waals surface area contributed by atoms with E-state index in [9.17, 15) is 0 Å². The summed E-state index contributed by atoms with van der Waals surface area (Å²) in [6.07, 6.45) is 5.77. The average Bonchev–Trinajstić information content (AvgIpc) is 2.94. The van der Waals surface area contributed by atoms with Crippen molar-refractivity contribution in [3.8, 4) is 0 Å². The molecule has 1 unspecified atom stereocenters. The number of hydrogen-bond donors (Lipinski definition) is 1. The third-order valence-corrected chi connectivity index (χ3v) is 3.12. The molecule has 1 aliphatic heterocycles. The fourth-order valence-corrected chi connectivity index (χ4v) is 2.23. The Morgan fingerprint density at radius 2 is 2.24 bits per heavy atom. The molecule has 0 bridgehead atoms. The SMILES string of the molecule is CNc1ncnc2c1ncn2C1CC[C@@H](C)O1. The molecule has 0 aliphatic carbocycles. The minimum atomic E-state index is 0.0506. The number of nitrogens with zero attached hydrogens (tertiary/aromatic N) is 4. The highest BCUT2D eigenvalue weighted by molar-refractivity contribution is 5.82. The van der Waals surface area contributed by atoms with Crippen LogP contribution in [0.15, 0.2) is 12.7 Å². The fourth-order valence-electron chi connectivity index (χ4n) is 2.23. The van der Waals surface area contributed by atoms with Gasteiger partial charge in [-0.1, -0.05) is 0 Å². The van der Waals surface area contributed by atoms with E-state index in [-0.39, 0.29) is 6.23 Å². The molecule has 3 rings (SSSR count). The topological polar surface area (TPSA) is 64.9 Å². The Morgan fingerprint density at radius 3 is 2.94 bits per heavy atom. The molecule has 0 spiro atoms. The summed E-state index contributed by atoms with van der Waals surface area (Å²) < 4.78 is 7.82. The van der Waals surface area contributed by atoms with E-state index in [2.05, 4.69) is 27.2 Å². The molecule has 0 amide bonds. The van der Waals surface area contributed by atoms with Gasteiger partial charge in [0.05, 0.1) is 12.4 Å². The Kier molecular flexibility index (Phi) is 2.44. The fraction of sp³-hybridized carbons (Fsp3) is 0.545. The van der Waals surface area contributed by atoms with Crippen molar-refractivity contribution in [1.29, 1.82) is 0 Å². The van der Waals surface area contributed by atoms with Crippen molar-refractivity contribution >= 4 is 17.0 Å². The molecule has 0 aromatic carbocycles. The highest BCUT2D eigenvalue weighted by atomic mass is 16.5. The van der Waals surface area contributed by atoms with Crippen LogP contribution in [0.25, 0.3) is 11.2 Å². The van der Waals surface area contributed by atoms with Crippen molar-refractivity contribution in [3.05, 3.63) is 12.7 Å². The van der Waals surface area contributed by atoms with Crippen molar-refractivity contribution in [3.63, 3.8) is 0 Å². The van der Waals surface area contributed by atoms with Gasteiger partial charge in [-0.05, 0) is 19.8 Å². The van der Waals surface area contributed by atoms with Crippen LogP contribution >= 0.6 is 0 Å². The van der Waals surface area contributed by atoms with Crippen molar-refractivity contribution < 1.29 is 4.74 Å². The maximum Gasteiger partial charge on any atom is 0.167 e. The van der Waals surface area contributed by atoms with Crippen LogP contribution in [-0.4, -0.2) is 32.7 Å². The van der Waals surface area contributed by atoms with Gasteiger partial charge in [0.2, 0.25) is 0 Å². The van der Waals surface area contributed by atoms with E-state index >= 15 is 0 Å². The molecule has 1 N–H and O–H groups in total. The first-order valence-electron chi connectivity index (χ1n) is 5.80. The number of aromatic nitrogens is 4. The number of nitrogens with one attached hydrogen (secondary N) is 1. The number of rotatable bonds is 2. The summed E-state index contributed by atoms with van der Waals surface area (Å²) in [5.74, 6) is 0.750. The third kappa shape index (κ3) is 1.64. The quantitative estimate of drug-likeness (QED) is 0.852. The second-order valence-corrected chi connectivity index (χ2v) is 4.28. The zero-order chi connectivity index (χ0) is 11.8. The Bertz CT molecular complexity index is 538. The van der Waals surface area contributed by atoms with Crippen molar-refractivity contribution in [1.82, 2.24) is 19.5 Å². The van der Waals surface area contributed by atoms with Gasteiger partial charge < -0.3 is 10.1 Å². The number of imidazole rings is 1. The van der Waals surface area contributed by atoms with E-state index in [4.69, 9.17) is 4.74 Å². The van der Waals surface area contributed by atoms with E-state index in [0.717, 1.165) is 29.8 Å². The number of fused-ring (bicyclic) bond motifs is 1. The van der Waals surface area contributed by atoms with Crippen LogP contribution in [0.1, 0.15) is 26.0 Å². The zero-order valence-electron chi connectivity index (χ0n) is 9.92. The predicted octanol–water partition coefficient (Wildman–Crippen LogP) is 1.57. The molecule has 2 aromatic rings. The first-order chi connectivity index (χ1) is 8.29. The van der Waals surface area contributed by atoms with Crippen LogP contribution in [0.5, 0.6) is 0 Å². The summed E-state index contributed by atoms with van der Waals surface area (Å²) in [5, 5.41) is 3.01. The molecule has 2 aromatic heterocycles. The number of ether oxygens (including phenoxy) is 1. The minimum Gasteiger partial charge on any atom is -0.371 e. The molecular weight excluding hydrogens is 218 g/mol. The Morgan fingerprint density at radius 1 is 1.35 bits per heavy atom. The molecule has 90 valence electrons. The van der Waals surface area contributed by atoms with E-state index in [1.807, 2.05) is 11.6 Å². The monoisotopic (exact) mass is 233 g/mol. The standard InChI is InChI=1S/C11H15N5O/c1-7-3-4-8(17-7)16-6-15-9-10(12-2)13-5-14-11(9)16/h5-8H,3-4H2,1-2H3,(H,12,13,14)/t7-,8?/m1/s1. The van der Waals surface area contributed by atoms with Crippen LogP contribution in [0, 0.1) is 0 Å². The number of hydrogen-bond acceptors (Lipinski definition) is 5. The molecule has 17 heavy (non-hydrogen) atoms. The lowest BCUT2D eigenvalue weighted by Gasteiger charge is -2.12. The second-order valence-electron chi connectivity index (χ2n) is 4.28. The average molecular weight is 233 g/mol. The lowest BCUT2D eigenvalue weighted by atomic mass is 10.2. The first kappa shape index (κ1) is 10.5. The smallest absolute Gasteiger partial charge is 0.167 e. The first-order valence-corrected chi connectivity index (χ1v) is 5.80. The molecule has 1 fully saturated rings. The third-order valence-electron chi connectivity index (χ3n) is 3.12. The Balaban J connectivity index is 2.06. The lowest BCUT2D eigenvalue weighted by Crippen LogP contribution is -2.09. The van der Waals surface area contributed by atoms with Gasteiger partial charge in [-0.3, -0.25) is 4.57 Å². The summed E-state index contributed by atoms with van der Waals surface area (Å²) in [4.78, 5) is 12.8. The Hall–Kier alpha value is -1.69. The van der Waals surface area contributed by atoms with E-state index in [0.29, 0.717) is 6.10 Å². The van der Waals surface area contributed by atoms with Gasteiger partial charge in [0.25, 0.3) is 0 Å². The second kappa shape index (κ2) is 3.96. The molecule has 3 heterocycles. The van der Waals surface area contributed by atoms with E-state index in [1.54, 1.807) is 12.7 Å². The Labute approximate surface area is 99.0 Å².